The lowest BCUT2D eigenvalue weighted by Gasteiger charge is -2.27. The van der Waals surface area contributed by atoms with Crippen molar-refractivity contribution in [2.24, 2.45) is 5.92 Å². The van der Waals surface area contributed by atoms with Crippen LogP contribution < -0.4 is 0 Å². The predicted octanol–water partition coefficient (Wildman–Crippen LogP) is 15.5. The summed E-state index contributed by atoms with van der Waals surface area (Å²) in [6, 6.07) is 0. The van der Waals surface area contributed by atoms with E-state index >= 15 is 0 Å². The first-order valence-electron chi connectivity index (χ1n) is 21.0. The summed E-state index contributed by atoms with van der Waals surface area (Å²) >= 11 is 0. The van der Waals surface area contributed by atoms with Crippen LogP contribution in [0.15, 0.2) is 36.1 Å². The SMILES string of the molecule is CCCCCCCCCCCCCCCC/C=C/CC/C=C1/OC(=O)C1CC/C=C/CCCCCCCCCCCCCCCC. The van der Waals surface area contributed by atoms with E-state index in [9.17, 15) is 4.79 Å². The van der Waals surface area contributed by atoms with Crippen molar-refractivity contribution in [2.75, 3.05) is 0 Å². The maximum absolute atomic E-state index is 12.0. The van der Waals surface area contributed by atoms with Crippen LogP contribution in [0.4, 0.5) is 0 Å². The van der Waals surface area contributed by atoms with Gasteiger partial charge in [-0.15, -0.1) is 0 Å². The van der Waals surface area contributed by atoms with Crippen LogP contribution in [0.3, 0.4) is 0 Å². The van der Waals surface area contributed by atoms with Gasteiger partial charge in [0.25, 0.3) is 0 Å². The molecule has 0 amide bonds. The van der Waals surface area contributed by atoms with Crippen molar-refractivity contribution in [3.8, 4) is 0 Å². The zero-order chi connectivity index (χ0) is 33.0. The Kier molecular flexibility index (Phi) is 32.5. The van der Waals surface area contributed by atoms with Crippen LogP contribution in [-0.2, 0) is 9.53 Å². The normalized spacial score (nSPS) is 15.8. The minimum Gasteiger partial charge on any atom is -0.430 e. The lowest BCUT2D eigenvalue weighted by atomic mass is 9.95. The van der Waals surface area contributed by atoms with Crippen LogP contribution in [-0.4, -0.2) is 5.97 Å². The molecule has 0 aromatic heterocycles. The molecule has 0 spiro atoms. The van der Waals surface area contributed by atoms with Crippen molar-refractivity contribution in [1.82, 2.24) is 0 Å². The molecule has 2 heteroatoms. The zero-order valence-corrected chi connectivity index (χ0v) is 31.3. The van der Waals surface area contributed by atoms with E-state index in [2.05, 4.69) is 44.2 Å². The number of unbranched alkanes of at least 4 members (excludes halogenated alkanes) is 29. The summed E-state index contributed by atoms with van der Waals surface area (Å²) in [7, 11) is 0. The highest BCUT2D eigenvalue weighted by molar-refractivity contribution is 5.82. The monoisotopic (exact) mass is 641 g/mol. The number of hydrogen-bond acceptors (Lipinski definition) is 2. The third kappa shape index (κ3) is 27.8. The number of carbonyl (C=O) groups is 1. The molecule has 1 aliphatic heterocycles. The van der Waals surface area contributed by atoms with Gasteiger partial charge in [-0.05, 0) is 57.4 Å². The Morgan fingerprint density at radius 1 is 0.413 bits per heavy atom. The Morgan fingerprint density at radius 2 is 0.739 bits per heavy atom. The summed E-state index contributed by atoms with van der Waals surface area (Å²) < 4.78 is 5.35. The molecular weight excluding hydrogens is 560 g/mol. The van der Waals surface area contributed by atoms with Crippen molar-refractivity contribution < 1.29 is 9.53 Å². The van der Waals surface area contributed by atoms with Gasteiger partial charge < -0.3 is 4.74 Å². The van der Waals surface area contributed by atoms with E-state index < -0.39 is 0 Å². The smallest absolute Gasteiger partial charge is 0.321 e. The van der Waals surface area contributed by atoms with Crippen molar-refractivity contribution in [3.05, 3.63) is 36.1 Å². The molecule has 0 bridgehead atoms. The Hall–Kier alpha value is -1.31. The van der Waals surface area contributed by atoms with Gasteiger partial charge in [0.15, 0.2) is 0 Å². The van der Waals surface area contributed by atoms with Crippen molar-refractivity contribution in [3.63, 3.8) is 0 Å². The zero-order valence-electron chi connectivity index (χ0n) is 31.3. The highest BCUT2D eigenvalue weighted by atomic mass is 16.6. The van der Waals surface area contributed by atoms with Gasteiger partial charge in [0.2, 0.25) is 0 Å². The second-order valence-electron chi connectivity index (χ2n) is 14.4. The first-order chi connectivity index (χ1) is 22.8. The summed E-state index contributed by atoms with van der Waals surface area (Å²) in [5, 5.41) is 0. The average molecular weight is 641 g/mol. The van der Waals surface area contributed by atoms with E-state index in [-0.39, 0.29) is 11.9 Å². The maximum Gasteiger partial charge on any atom is 0.321 e. The molecule has 0 N–H and O–H groups in total. The van der Waals surface area contributed by atoms with Crippen molar-refractivity contribution in [1.29, 1.82) is 0 Å². The number of allylic oxidation sites excluding steroid dienone is 5. The number of rotatable bonds is 36. The summed E-state index contributed by atoms with van der Waals surface area (Å²) in [6.45, 7) is 4.59. The lowest BCUT2D eigenvalue weighted by molar-refractivity contribution is -0.157. The first-order valence-corrected chi connectivity index (χ1v) is 21.0. The van der Waals surface area contributed by atoms with Gasteiger partial charge in [0.05, 0.1) is 0 Å². The molecule has 1 heterocycles. The van der Waals surface area contributed by atoms with E-state index in [4.69, 9.17) is 4.74 Å². The standard InChI is InChI=1S/C44H80O2/c1-3-5-7-9-11-13-15-17-19-21-23-25-27-29-31-33-35-37-39-41-43-42(44(45)46-43)40-38-36-34-32-30-28-26-24-22-20-18-16-14-12-10-8-6-4-2/h33-36,41-42H,3-32,37-40H2,1-2H3/b35-33+,36-34+,43-41+. The second kappa shape index (κ2) is 35.0. The number of hydrogen-bond donors (Lipinski definition) is 0. The number of esters is 1. The molecule has 0 aromatic rings. The molecule has 2 nitrogen and oxygen atoms in total. The maximum atomic E-state index is 12.0. The molecule has 1 unspecified atom stereocenters. The molecule has 1 atom stereocenters. The molecule has 1 fully saturated rings. The minimum atomic E-state index is -0.0278. The fourth-order valence-electron chi connectivity index (χ4n) is 6.73. The van der Waals surface area contributed by atoms with Crippen molar-refractivity contribution >= 4 is 5.97 Å². The topological polar surface area (TPSA) is 26.3 Å². The Bertz CT molecular complexity index is 732. The molecule has 0 saturated carbocycles. The van der Waals surface area contributed by atoms with Gasteiger partial charge in [-0.1, -0.05) is 205 Å². The lowest BCUT2D eigenvalue weighted by Crippen LogP contribution is -2.32. The molecule has 46 heavy (non-hydrogen) atoms. The molecule has 1 aliphatic rings. The summed E-state index contributed by atoms with van der Waals surface area (Å²) in [5.41, 5.74) is 0. The number of carbonyl (C=O) groups excluding carboxylic acids is 1. The van der Waals surface area contributed by atoms with E-state index in [1.807, 2.05) is 0 Å². The first kappa shape index (κ1) is 42.7. The van der Waals surface area contributed by atoms with E-state index in [1.54, 1.807) is 0 Å². The largest absolute Gasteiger partial charge is 0.430 e. The summed E-state index contributed by atoms with van der Waals surface area (Å²) in [6.07, 6.45) is 57.4. The molecule has 0 radical (unpaired) electrons. The third-order valence-corrected chi connectivity index (χ3v) is 9.93. The van der Waals surface area contributed by atoms with Crippen LogP contribution >= 0.6 is 0 Å². The Labute approximate surface area is 289 Å². The van der Waals surface area contributed by atoms with Gasteiger partial charge in [-0.3, -0.25) is 4.79 Å². The highest BCUT2D eigenvalue weighted by Gasteiger charge is 2.36. The van der Waals surface area contributed by atoms with Crippen LogP contribution in [0, 0.1) is 5.92 Å². The van der Waals surface area contributed by atoms with E-state index in [0.717, 1.165) is 31.4 Å². The predicted molar refractivity (Wildman–Crippen MR) is 204 cm³/mol. The van der Waals surface area contributed by atoms with Crippen LogP contribution in [0.25, 0.3) is 0 Å². The average Bonchev–Trinajstić information content (AvgIpc) is 3.06. The Balaban J connectivity index is 1.86. The second-order valence-corrected chi connectivity index (χ2v) is 14.4. The van der Waals surface area contributed by atoms with Crippen LogP contribution in [0.1, 0.15) is 232 Å². The van der Waals surface area contributed by atoms with Gasteiger partial charge in [-0.2, -0.15) is 0 Å². The fourth-order valence-corrected chi connectivity index (χ4v) is 6.73. The Morgan fingerprint density at radius 3 is 1.11 bits per heavy atom. The molecule has 1 rings (SSSR count). The molecule has 268 valence electrons. The molecular formula is C44H80O2. The van der Waals surface area contributed by atoms with Gasteiger partial charge in [-0.25, -0.2) is 0 Å². The molecule has 0 aromatic carbocycles. The number of ether oxygens (including phenoxy) is 1. The van der Waals surface area contributed by atoms with E-state index in [0.29, 0.717) is 0 Å². The van der Waals surface area contributed by atoms with Gasteiger partial charge in [0, 0.05) is 0 Å². The summed E-state index contributed by atoms with van der Waals surface area (Å²) in [5.74, 6) is 0.899. The molecule has 1 saturated heterocycles. The van der Waals surface area contributed by atoms with Crippen LogP contribution in [0.5, 0.6) is 0 Å². The van der Waals surface area contributed by atoms with Gasteiger partial charge in [0.1, 0.15) is 11.7 Å². The quantitative estimate of drug-likeness (QED) is 0.0387. The van der Waals surface area contributed by atoms with E-state index in [1.165, 1.54) is 193 Å². The third-order valence-electron chi connectivity index (χ3n) is 9.93. The summed E-state index contributed by atoms with van der Waals surface area (Å²) in [4.78, 5) is 12.0. The fraction of sp³-hybridized carbons (Fsp3) is 0.841. The van der Waals surface area contributed by atoms with Gasteiger partial charge >= 0.3 is 5.97 Å². The van der Waals surface area contributed by atoms with Crippen molar-refractivity contribution in [2.45, 2.75) is 232 Å². The number of cyclic esters (lactones) is 1. The highest BCUT2D eigenvalue weighted by Crippen LogP contribution is 2.31. The minimum absolute atomic E-state index is 0.00485. The molecule has 0 aliphatic carbocycles. The van der Waals surface area contributed by atoms with Crippen LogP contribution in [0.2, 0.25) is 0 Å².